The van der Waals surface area contributed by atoms with Crippen LogP contribution in [0, 0.1) is 6.92 Å². The number of hydrogen-bond acceptors (Lipinski definition) is 3. The molecule has 0 aromatic carbocycles. The second-order valence-corrected chi connectivity index (χ2v) is 2.12. The summed E-state index contributed by atoms with van der Waals surface area (Å²) in [5.41, 5.74) is 0.239. The first-order chi connectivity index (χ1) is 5.41. The standard InChI is InChI=1S/C6H4F3NO2/c1-3-2-12-5(10-3)4(11)6(7,8)9/h2H,1H3. The largest absolute Gasteiger partial charge is 0.459 e. The van der Waals surface area contributed by atoms with E-state index in [-0.39, 0.29) is 5.69 Å². The zero-order valence-corrected chi connectivity index (χ0v) is 5.97. The van der Waals surface area contributed by atoms with E-state index in [2.05, 4.69) is 9.40 Å². The Morgan fingerprint density at radius 2 is 2.17 bits per heavy atom. The number of aryl methyl sites for hydroxylation is 1. The van der Waals surface area contributed by atoms with E-state index in [1.807, 2.05) is 0 Å². The van der Waals surface area contributed by atoms with Gasteiger partial charge in [-0.15, -0.1) is 0 Å². The Hall–Kier alpha value is -1.33. The number of Topliss-reactive ketones (excluding diaryl/α,β-unsaturated/α-hetero) is 1. The number of alkyl halides is 3. The van der Waals surface area contributed by atoms with Gasteiger partial charge in [0.25, 0.3) is 5.89 Å². The minimum absolute atomic E-state index is 0.239. The van der Waals surface area contributed by atoms with Crippen LogP contribution in [0.1, 0.15) is 16.4 Å². The normalized spacial score (nSPS) is 11.7. The quantitative estimate of drug-likeness (QED) is 0.616. The van der Waals surface area contributed by atoms with E-state index >= 15 is 0 Å². The summed E-state index contributed by atoms with van der Waals surface area (Å²) in [6.45, 7) is 1.43. The third kappa shape index (κ3) is 1.63. The summed E-state index contributed by atoms with van der Waals surface area (Å²) in [5.74, 6) is -2.98. The smallest absolute Gasteiger partial charge is 0.442 e. The predicted octanol–water partition coefficient (Wildman–Crippen LogP) is 1.73. The number of carbonyl (C=O) groups is 1. The van der Waals surface area contributed by atoms with Crippen molar-refractivity contribution < 1.29 is 22.4 Å². The van der Waals surface area contributed by atoms with E-state index in [1.165, 1.54) is 6.92 Å². The van der Waals surface area contributed by atoms with Crippen molar-refractivity contribution >= 4 is 5.78 Å². The third-order valence-corrected chi connectivity index (χ3v) is 1.07. The predicted molar refractivity (Wildman–Crippen MR) is 31.6 cm³/mol. The highest BCUT2D eigenvalue weighted by molar-refractivity contribution is 5.96. The number of carbonyl (C=O) groups excluding carboxylic acids is 1. The van der Waals surface area contributed by atoms with Gasteiger partial charge in [-0.05, 0) is 6.92 Å². The maximum Gasteiger partial charge on any atom is 0.459 e. The molecule has 0 saturated heterocycles. The molecule has 3 nitrogen and oxygen atoms in total. The van der Waals surface area contributed by atoms with Crippen LogP contribution in [0.5, 0.6) is 0 Å². The summed E-state index contributed by atoms with van der Waals surface area (Å²) >= 11 is 0. The highest BCUT2D eigenvalue weighted by Crippen LogP contribution is 2.20. The van der Waals surface area contributed by atoms with Crippen LogP contribution in [-0.2, 0) is 0 Å². The monoisotopic (exact) mass is 179 g/mol. The number of rotatable bonds is 1. The SMILES string of the molecule is Cc1coc(C(=O)C(F)(F)F)n1. The molecular weight excluding hydrogens is 175 g/mol. The molecule has 1 aromatic rings. The minimum Gasteiger partial charge on any atom is -0.442 e. The van der Waals surface area contributed by atoms with Crippen LogP contribution in [0.3, 0.4) is 0 Å². The van der Waals surface area contributed by atoms with Crippen molar-refractivity contribution in [3.8, 4) is 0 Å². The van der Waals surface area contributed by atoms with Crippen molar-refractivity contribution in [3.05, 3.63) is 17.8 Å². The molecule has 12 heavy (non-hydrogen) atoms. The van der Waals surface area contributed by atoms with Crippen LogP contribution >= 0.6 is 0 Å². The fraction of sp³-hybridized carbons (Fsp3) is 0.333. The van der Waals surface area contributed by atoms with E-state index < -0.39 is 17.9 Å². The molecule has 1 heterocycles. The second-order valence-electron chi connectivity index (χ2n) is 2.12. The zero-order valence-electron chi connectivity index (χ0n) is 5.97. The molecule has 0 saturated carbocycles. The lowest BCUT2D eigenvalue weighted by molar-refractivity contribution is -0.0903. The first-order valence-corrected chi connectivity index (χ1v) is 2.95. The van der Waals surface area contributed by atoms with E-state index in [0.717, 1.165) is 6.26 Å². The molecule has 0 spiro atoms. The van der Waals surface area contributed by atoms with Crippen LogP contribution in [0.2, 0.25) is 0 Å². The summed E-state index contributed by atoms with van der Waals surface area (Å²) < 4.78 is 39.4. The number of nitrogens with zero attached hydrogens (tertiary/aromatic N) is 1. The molecular formula is C6H4F3NO2. The Kier molecular flexibility index (Phi) is 1.91. The molecule has 0 bridgehead atoms. The number of ketones is 1. The fourth-order valence-electron chi connectivity index (χ4n) is 0.580. The van der Waals surface area contributed by atoms with Crippen LogP contribution in [0.4, 0.5) is 13.2 Å². The summed E-state index contributed by atoms with van der Waals surface area (Å²) in [5, 5.41) is 0. The number of halogens is 3. The van der Waals surface area contributed by atoms with Crippen LogP contribution < -0.4 is 0 Å². The first kappa shape index (κ1) is 8.76. The topological polar surface area (TPSA) is 43.1 Å². The maximum atomic E-state index is 11.7. The van der Waals surface area contributed by atoms with Gasteiger partial charge in [-0.1, -0.05) is 0 Å². The van der Waals surface area contributed by atoms with Gasteiger partial charge in [0.05, 0.1) is 5.69 Å². The van der Waals surface area contributed by atoms with Gasteiger partial charge < -0.3 is 4.42 Å². The first-order valence-electron chi connectivity index (χ1n) is 2.95. The molecule has 66 valence electrons. The summed E-state index contributed by atoms with van der Waals surface area (Å²) in [7, 11) is 0. The Balaban J connectivity index is 2.93. The highest BCUT2D eigenvalue weighted by atomic mass is 19.4. The molecule has 6 heteroatoms. The Bertz CT molecular complexity index is 302. The van der Waals surface area contributed by atoms with Crippen molar-refractivity contribution in [2.75, 3.05) is 0 Å². The fourth-order valence-corrected chi connectivity index (χ4v) is 0.580. The molecule has 0 unspecified atom stereocenters. The lowest BCUT2D eigenvalue weighted by Crippen LogP contribution is -2.22. The van der Waals surface area contributed by atoms with E-state index in [9.17, 15) is 18.0 Å². The average molecular weight is 179 g/mol. The second kappa shape index (κ2) is 2.62. The van der Waals surface area contributed by atoms with Crippen molar-refractivity contribution in [1.82, 2.24) is 4.98 Å². The summed E-state index contributed by atoms with van der Waals surface area (Å²) in [6, 6.07) is 0. The molecule has 0 N–H and O–H groups in total. The zero-order chi connectivity index (χ0) is 9.35. The van der Waals surface area contributed by atoms with Crippen molar-refractivity contribution in [3.63, 3.8) is 0 Å². The number of aromatic nitrogens is 1. The molecule has 0 aliphatic rings. The highest BCUT2D eigenvalue weighted by Gasteiger charge is 2.42. The lowest BCUT2D eigenvalue weighted by atomic mass is 10.4. The number of oxazole rings is 1. The van der Waals surface area contributed by atoms with Crippen molar-refractivity contribution in [2.24, 2.45) is 0 Å². The molecule has 1 rings (SSSR count). The lowest BCUT2D eigenvalue weighted by Gasteiger charge is -1.98. The molecule has 1 aromatic heterocycles. The maximum absolute atomic E-state index is 11.7. The number of hydrogen-bond donors (Lipinski definition) is 0. The van der Waals surface area contributed by atoms with E-state index in [1.54, 1.807) is 0 Å². The van der Waals surface area contributed by atoms with Gasteiger partial charge in [0.15, 0.2) is 0 Å². The van der Waals surface area contributed by atoms with Gasteiger partial charge >= 0.3 is 12.0 Å². The Labute approximate surface area is 65.2 Å². The van der Waals surface area contributed by atoms with Crippen molar-refractivity contribution in [2.45, 2.75) is 13.1 Å². The van der Waals surface area contributed by atoms with Crippen molar-refractivity contribution in [1.29, 1.82) is 0 Å². The Morgan fingerprint density at radius 3 is 2.50 bits per heavy atom. The third-order valence-electron chi connectivity index (χ3n) is 1.07. The van der Waals surface area contributed by atoms with Crippen LogP contribution in [-0.4, -0.2) is 16.9 Å². The average Bonchev–Trinajstić information content (AvgIpc) is 2.32. The molecule has 0 atom stereocenters. The Morgan fingerprint density at radius 1 is 1.58 bits per heavy atom. The van der Waals surface area contributed by atoms with Crippen LogP contribution in [0.25, 0.3) is 0 Å². The molecule has 0 radical (unpaired) electrons. The van der Waals surface area contributed by atoms with Gasteiger partial charge in [0.1, 0.15) is 6.26 Å². The van der Waals surface area contributed by atoms with Gasteiger partial charge in [0.2, 0.25) is 0 Å². The summed E-state index contributed by atoms with van der Waals surface area (Å²) in [6.07, 6.45) is -3.93. The molecule has 0 aliphatic heterocycles. The van der Waals surface area contributed by atoms with Gasteiger partial charge in [-0.3, -0.25) is 4.79 Å². The minimum atomic E-state index is -4.92. The molecule has 0 amide bonds. The van der Waals surface area contributed by atoms with Gasteiger partial charge in [0, 0.05) is 0 Å². The van der Waals surface area contributed by atoms with Gasteiger partial charge in [-0.25, -0.2) is 4.98 Å². The molecule has 0 fully saturated rings. The molecule has 0 aliphatic carbocycles. The van der Waals surface area contributed by atoms with E-state index in [0.29, 0.717) is 0 Å². The summed E-state index contributed by atoms with van der Waals surface area (Å²) in [4.78, 5) is 13.6. The van der Waals surface area contributed by atoms with Crippen LogP contribution in [0.15, 0.2) is 10.7 Å². The van der Waals surface area contributed by atoms with E-state index in [4.69, 9.17) is 0 Å². The van der Waals surface area contributed by atoms with Gasteiger partial charge in [-0.2, -0.15) is 13.2 Å².